The van der Waals surface area contributed by atoms with Crippen molar-refractivity contribution in [3.05, 3.63) is 35.4 Å². The zero-order valence-electron chi connectivity index (χ0n) is 11.1. The highest BCUT2D eigenvalue weighted by Gasteiger charge is 2.25. The third-order valence-electron chi connectivity index (χ3n) is 3.72. The fraction of sp³-hybridized carbons (Fsp3) is 0.533. The summed E-state index contributed by atoms with van der Waals surface area (Å²) in [6.45, 7) is 0.524. The van der Waals surface area contributed by atoms with Crippen molar-refractivity contribution >= 4 is 5.91 Å². The number of aliphatic hydroxyl groups is 1. The number of hydrogen-bond donors (Lipinski definition) is 3. The number of carbonyl (C=O) groups is 1. The lowest BCUT2D eigenvalue weighted by atomic mass is 9.92. The fourth-order valence-electron chi connectivity index (χ4n) is 2.64. The summed E-state index contributed by atoms with van der Waals surface area (Å²) in [6.07, 6.45) is 4.00. The quantitative estimate of drug-likeness (QED) is 0.763. The summed E-state index contributed by atoms with van der Waals surface area (Å²) >= 11 is 0. The molecule has 0 heterocycles. The molecular formula is C15H22N2O2. The number of amides is 1. The van der Waals surface area contributed by atoms with E-state index in [1.807, 2.05) is 24.3 Å². The molecule has 0 bridgehead atoms. The predicted octanol–water partition coefficient (Wildman–Crippen LogP) is 1.22. The maximum absolute atomic E-state index is 12.3. The van der Waals surface area contributed by atoms with Crippen LogP contribution in [0.15, 0.2) is 24.3 Å². The van der Waals surface area contributed by atoms with Crippen molar-refractivity contribution in [2.24, 2.45) is 5.73 Å². The van der Waals surface area contributed by atoms with Crippen molar-refractivity contribution in [1.82, 2.24) is 5.32 Å². The molecule has 4 nitrogen and oxygen atoms in total. The molecule has 2 rings (SSSR count). The summed E-state index contributed by atoms with van der Waals surface area (Å²) in [5.74, 6) is -0.102. The van der Waals surface area contributed by atoms with E-state index in [4.69, 9.17) is 5.73 Å². The number of benzene rings is 1. The van der Waals surface area contributed by atoms with Crippen LogP contribution in [0.1, 0.15) is 41.6 Å². The van der Waals surface area contributed by atoms with Gasteiger partial charge in [-0.3, -0.25) is 4.79 Å². The van der Waals surface area contributed by atoms with E-state index in [0.29, 0.717) is 18.5 Å². The van der Waals surface area contributed by atoms with Crippen molar-refractivity contribution in [3.8, 4) is 0 Å². The highest BCUT2D eigenvalue weighted by atomic mass is 16.3. The molecule has 4 N–H and O–H groups in total. The Morgan fingerprint density at radius 2 is 2.05 bits per heavy atom. The van der Waals surface area contributed by atoms with Gasteiger partial charge in [0.2, 0.25) is 0 Å². The van der Waals surface area contributed by atoms with Gasteiger partial charge in [0.1, 0.15) is 0 Å². The lowest BCUT2D eigenvalue weighted by Crippen LogP contribution is -2.45. The Labute approximate surface area is 114 Å². The van der Waals surface area contributed by atoms with Gasteiger partial charge in [0.25, 0.3) is 5.91 Å². The molecule has 1 aliphatic rings. The Kier molecular flexibility index (Phi) is 4.93. The Morgan fingerprint density at radius 1 is 1.32 bits per heavy atom. The van der Waals surface area contributed by atoms with Gasteiger partial charge in [-0.2, -0.15) is 0 Å². The first-order chi connectivity index (χ1) is 9.22. The van der Waals surface area contributed by atoms with Gasteiger partial charge in [0.05, 0.1) is 12.1 Å². The molecule has 4 heteroatoms. The van der Waals surface area contributed by atoms with Crippen LogP contribution < -0.4 is 11.1 Å². The first-order valence-electron chi connectivity index (χ1n) is 6.99. The molecule has 0 spiro atoms. The third-order valence-corrected chi connectivity index (χ3v) is 3.72. The van der Waals surface area contributed by atoms with Crippen LogP contribution in [-0.2, 0) is 6.42 Å². The van der Waals surface area contributed by atoms with E-state index < -0.39 is 6.10 Å². The first-order valence-corrected chi connectivity index (χ1v) is 6.99. The molecule has 0 unspecified atom stereocenters. The van der Waals surface area contributed by atoms with Gasteiger partial charge in [0, 0.05) is 5.56 Å². The van der Waals surface area contributed by atoms with Gasteiger partial charge < -0.3 is 16.2 Å². The second-order valence-corrected chi connectivity index (χ2v) is 5.13. The molecule has 0 saturated heterocycles. The average Bonchev–Trinajstić information content (AvgIpc) is 2.42. The monoisotopic (exact) mass is 262 g/mol. The van der Waals surface area contributed by atoms with Gasteiger partial charge in [-0.1, -0.05) is 31.0 Å². The Hall–Kier alpha value is -1.39. The molecule has 1 amide bonds. The van der Waals surface area contributed by atoms with Crippen molar-refractivity contribution in [1.29, 1.82) is 0 Å². The van der Waals surface area contributed by atoms with E-state index in [1.165, 1.54) is 0 Å². The summed E-state index contributed by atoms with van der Waals surface area (Å²) < 4.78 is 0. The molecule has 0 radical (unpaired) electrons. The van der Waals surface area contributed by atoms with E-state index in [2.05, 4.69) is 5.32 Å². The van der Waals surface area contributed by atoms with Crippen molar-refractivity contribution in [3.63, 3.8) is 0 Å². The normalized spacial score (nSPS) is 23.1. The third kappa shape index (κ3) is 3.55. The standard InChI is InChI=1S/C15H22N2O2/c16-10-9-11-5-1-2-6-12(11)15(19)17-13-7-3-4-8-14(13)18/h1-2,5-6,13-14,18H,3-4,7-10,16H2,(H,17,19)/t13-,14-/m1/s1. The van der Waals surface area contributed by atoms with Crippen LogP contribution >= 0.6 is 0 Å². The van der Waals surface area contributed by atoms with Gasteiger partial charge >= 0.3 is 0 Å². The van der Waals surface area contributed by atoms with E-state index in [0.717, 1.165) is 31.2 Å². The smallest absolute Gasteiger partial charge is 0.251 e. The lowest BCUT2D eigenvalue weighted by Gasteiger charge is -2.28. The van der Waals surface area contributed by atoms with Gasteiger partial charge in [-0.25, -0.2) is 0 Å². The summed E-state index contributed by atoms with van der Waals surface area (Å²) in [6, 6.07) is 7.39. The maximum Gasteiger partial charge on any atom is 0.251 e. The number of rotatable bonds is 4. The van der Waals surface area contributed by atoms with Crippen LogP contribution in [0, 0.1) is 0 Å². The molecule has 1 aromatic carbocycles. The van der Waals surface area contributed by atoms with E-state index in [9.17, 15) is 9.90 Å². The fourth-order valence-corrected chi connectivity index (χ4v) is 2.64. The molecule has 19 heavy (non-hydrogen) atoms. The Morgan fingerprint density at radius 3 is 2.79 bits per heavy atom. The minimum absolute atomic E-state index is 0.102. The van der Waals surface area contributed by atoms with Crippen LogP contribution in [0.4, 0.5) is 0 Å². The first kappa shape index (κ1) is 14.0. The Bertz CT molecular complexity index is 434. The molecule has 2 atom stereocenters. The second-order valence-electron chi connectivity index (χ2n) is 5.13. The molecule has 1 saturated carbocycles. The van der Waals surface area contributed by atoms with Crippen LogP contribution in [0.3, 0.4) is 0 Å². The average molecular weight is 262 g/mol. The van der Waals surface area contributed by atoms with Crippen molar-refractivity contribution in [2.75, 3.05) is 6.54 Å². The van der Waals surface area contributed by atoms with Gasteiger partial charge in [0.15, 0.2) is 0 Å². The lowest BCUT2D eigenvalue weighted by molar-refractivity contribution is 0.0716. The van der Waals surface area contributed by atoms with Gasteiger partial charge in [-0.05, 0) is 37.4 Å². The number of nitrogens with one attached hydrogen (secondary N) is 1. The van der Waals surface area contributed by atoms with E-state index in [-0.39, 0.29) is 11.9 Å². The van der Waals surface area contributed by atoms with Crippen LogP contribution in [-0.4, -0.2) is 29.7 Å². The molecule has 1 aromatic rings. The minimum atomic E-state index is -0.417. The molecule has 0 aliphatic heterocycles. The number of carbonyl (C=O) groups excluding carboxylic acids is 1. The van der Waals surface area contributed by atoms with E-state index in [1.54, 1.807) is 0 Å². The van der Waals surface area contributed by atoms with Crippen LogP contribution in [0.25, 0.3) is 0 Å². The SMILES string of the molecule is NCCc1ccccc1C(=O)N[C@@H]1CCCC[C@H]1O. The largest absolute Gasteiger partial charge is 0.391 e. The molecule has 1 aliphatic carbocycles. The maximum atomic E-state index is 12.3. The second kappa shape index (κ2) is 6.68. The predicted molar refractivity (Wildman–Crippen MR) is 74.9 cm³/mol. The topological polar surface area (TPSA) is 75.4 Å². The van der Waals surface area contributed by atoms with E-state index >= 15 is 0 Å². The van der Waals surface area contributed by atoms with Crippen LogP contribution in [0.5, 0.6) is 0 Å². The number of aliphatic hydroxyl groups excluding tert-OH is 1. The molecule has 0 aromatic heterocycles. The molecule has 104 valence electrons. The minimum Gasteiger partial charge on any atom is -0.391 e. The van der Waals surface area contributed by atoms with Gasteiger partial charge in [-0.15, -0.1) is 0 Å². The summed E-state index contributed by atoms with van der Waals surface area (Å²) in [7, 11) is 0. The summed E-state index contributed by atoms with van der Waals surface area (Å²) in [5, 5.41) is 12.9. The highest BCUT2D eigenvalue weighted by molar-refractivity contribution is 5.95. The zero-order chi connectivity index (χ0) is 13.7. The Balaban J connectivity index is 2.06. The molecular weight excluding hydrogens is 240 g/mol. The number of nitrogens with two attached hydrogens (primary N) is 1. The van der Waals surface area contributed by atoms with Crippen LogP contribution in [0.2, 0.25) is 0 Å². The summed E-state index contributed by atoms with van der Waals surface area (Å²) in [5.41, 5.74) is 7.20. The molecule has 1 fully saturated rings. The van der Waals surface area contributed by atoms with Crippen molar-refractivity contribution in [2.45, 2.75) is 44.2 Å². The number of hydrogen-bond acceptors (Lipinski definition) is 3. The highest BCUT2D eigenvalue weighted by Crippen LogP contribution is 2.19. The zero-order valence-corrected chi connectivity index (χ0v) is 11.1. The van der Waals surface area contributed by atoms with Crippen molar-refractivity contribution < 1.29 is 9.90 Å². The summed E-state index contributed by atoms with van der Waals surface area (Å²) in [4.78, 5) is 12.3.